The summed E-state index contributed by atoms with van der Waals surface area (Å²) >= 11 is 0. The smallest absolute Gasteiger partial charge is 0.184 e. The minimum Gasteiger partial charge on any atom is -0.395 e. The second kappa shape index (κ2) is 7.09. The first-order valence-electron chi connectivity index (χ1n) is 5.78. The highest BCUT2D eigenvalue weighted by Crippen LogP contribution is 2.01. The first-order chi connectivity index (χ1) is 8.15. The van der Waals surface area contributed by atoms with Crippen LogP contribution in [0.3, 0.4) is 0 Å². The zero-order valence-electron chi connectivity index (χ0n) is 10.3. The van der Waals surface area contributed by atoms with Crippen molar-refractivity contribution >= 4 is 5.78 Å². The second-order valence-corrected chi connectivity index (χ2v) is 4.25. The van der Waals surface area contributed by atoms with E-state index in [1.807, 2.05) is 13.8 Å². The molecular formula is C12H19N3O2. The van der Waals surface area contributed by atoms with E-state index in [-0.39, 0.29) is 18.4 Å². The minimum atomic E-state index is -0.0361. The van der Waals surface area contributed by atoms with Crippen molar-refractivity contribution < 1.29 is 9.90 Å². The molecule has 0 aliphatic rings. The molecule has 0 aliphatic carbocycles. The van der Waals surface area contributed by atoms with Crippen LogP contribution >= 0.6 is 0 Å². The molecule has 0 aromatic carbocycles. The van der Waals surface area contributed by atoms with E-state index in [0.29, 0.717) is 24.6 Å². The largest absolute Gasteiger partial charge is 0.395 e. The van der Waals surface area contributed by atoms with Crippen LogP contribution in [0.4, 0.5) is 0 Å². The molecule has 1 heterocycles. The Kier molecular flexibility index (Phi) is 5.72. The van der Waals surface area contributed by atoms with Crippen LogP contribution in [0.15, 0.2) is 18.6 Å². The molecule has 1 rings (SSSR count). The summed E-state index contributed by atoms with van der Waals surface area (Å²) in [6, 6.07) is 0.0321. The first-order valence-corrected chi connectivity index (χ1v) is 5.78. The Hall–Kier alpha value is -1.33. The Morgan fingerprint density at radius 2 is 2.24 bits per heavy atom. The van der Waals surface area contributed by atoms with Crippen LogP contribution in [0.2, 0.25) is 0 Å². The summed E-state index contributed by atoms with van der Waals surface area (Å²) < 4.78 is 0. The molecule has 0 saturated carbocycles. The lowest BCUT2D eigenvalue weighted by atomic mass is 10.1. The predicted molar refractivity (Wildman–Crippen MR) is 64.7 cm³/mol. The van der Waals surface area contributed by atoms with Gasteiger partial charge in [-0.1, -0.05) is 13.8 Å². The maximum atomic E-state index is 11.7. The molecule has 1 unspecified atom stereocenters. The second-order valence-electron chi connectivity index (χ2n) is 4.25. The van der Waals surface area contributed by atoms with Crippen molar-refractivity contribution in [3.8, 4) is 0 Å². The van der Waals surface area contributed by atoms with Gasteiger partial charge in [-0.25, -0.2) is 4.98 Å². The maximum Gasteiger partial charge on any atom is 0.184 e. The molecule has 5 heteroatoms. The Morgan fingerprint density at radius 3 is 2.76 bits per heavy atom. The van der Waals surface area contributed by atoms with Gasteiger partial charge in [0.2, 0.25) is 0 Å². The van der Waals surface area contributed by atoms with Crippen molar-refractivity contribution in [2.45, 2.75) is 26.3 Å². The third kappa shape index (κ3) is 4.58. The van der Waals surface area contributed by atoms with Gasteiger partial charge in [-0.05, 0) is 5.92 Å². The number of nitrogens with zero attached hydrogens (tertiary/aromatic N) is 2. The van der Waals surface area contributed by atoms with E-state index in [1.54, 1.807) is 0 Å². The van der Waals surface area contributed by atoms with Gasteiger partial charge >= 0.3 is 0 Å². The average Bonchev–Trinajstić information content (AvgIpc) is 2.35. The van der Waals surface area contributed by atoms with Crippen molar-refractivity contribution in [2.75, 3.05) is 13.2 Å². The fourth-order valence-electron chi connectivity index (χ4n) is 1.45. The summed E-state index contributed by atoms with van der Waals surface area (Å²) in [6.45, 7) is 4.67. The molecule has 0 fully saturated rings. The number of aliphatic hydroxyl groups excluding tert-OH is 1. The molecule has 0 radical (unpaired) electrons. The number of hydrogen-bond acceptors (Lipinski definition) is 5. The zero-order valence-corrected chi connectivity index (χ0v) is 10.3. The van der Waals surface area contributed by atoms with E-state index in [4.69, 9.17) is 5.11 Å². The molecule has 1 atom stereocenters. The molecule has 1 aromatic heterocycles. The van der Waals surface area contributed by atoms with Gasteiger partial charge in [-0.3, -0.25) is 9.78 Å². The van der Waals surface area contributed by atoms with Crippen LogP contribution in [-0.4, -0.2) is 40.1 Å². The van der Waals surface area contributed by atoms with Gasteiger partial charge in [0.1, 0.15) is 5.69 Å². The Balaban J connectivity index is 2.34. The number of aliphatic hydroxyl groups is 1. The highest BCUT2D eigenvalue weighted by atomic mass is 16.3. The van der Waals surface area contributed by atoms with Gasteiger partial charge < -0.3 is 10.4 Å². The Morgan fingerprint density at radius 1 is 1.47 bits per heavy atom. The molecule has 94 valence electrons. The van der Waals surface area contributed by atoms with Gasteiger partial charge in [-0.15, -0.1) is 0 Å². The third-order valence-corrected chi connectivity index (χ3v) is 2.61. The van der Waals surface area contributed by atoms with Crippen LogP contribution in [-0.2, 0) is 0 Å². The normalized spacial score (nSPS) is 12.7. The standard InChI is InChI=1S/C12H19N3O2/c1-9(2)11(8-16)14-4-3-12(17)10-7-13-5-6-15-10/h5-7,9,11,14,16H,3-4,8H2,1-2H3. The highest BCUT2D eigenvalue weighted by Gasteiger charge is 2.12. The van der Waals surface area contributed by atoms with Crippen molar-refractivity contribution in [3.63, 3.8) is 0 Å². The van der Waals surface area contributed by atoms with Crippen molar-refractivity contribution in [3.05, 3.63) is 24.3 Å². The topological polar surface area (TPSA) is 75.1 Å². The summed E-state index contributed by atoms with van der Waals surface area (Å²) in [5.41, 5.74) is 0.388. The molecule has 17 heavy (non-hydrogen) atoms. The van der Waals surface area contributed by atoms with E-state index in [1.165, 1.54) is 18.6 Å². The maximum absolute atomic E-state index is 11.7. The summed E-state index contributed by atoms with van der Waals surface area (Å²) in [5, 5.41) is 12.3. The summed E-state index contributed by atoms with van der Waals surface area (Å²) in [5.74, 6) is 0.303. The number of hydrogen-bond donors (Lipinski definition) is 2. The van der Waals surface area contributed by atoms with Gasteiger partial charge in [0.15, 0.2) is 5.78 Å². The quantitative estimate of drug-likeness (QED) is 0.681. The number of nitrogens with one attached hydrogen (secondary N) is 1. The minimum absolute atomic E-state index is 0.0321. The van der Waals surface area contributed by atoms with E-state index >= 15 is 0 Å². The van der Waals surface area contributed by atoms with Crippen LogP contribution in [0.5, 0.6) is 0 Å². The van der Waals surface area contributed by atoms with E-state index in [2.05, 4.69) is 15.3 Å². The molecule has 0 bridgehead atoms. The third-order valence-electron chi connectivity index (χ3n) is 2.61. The van der Waals surface area contributed by atoms with Gasteiger partial charge in [0, 0.05) is 31.4 Å². The fourth-order valence-corrected chi connectivity index (χ4v) is 1.45. The average molecular weight is 237 g/mol. The molecule has 1 aromatic rings. The number of carbonyl (C=O) groups excluding carboxylic acids is 1. The monoisotopic (exact) mass is 237 g/mol. The van der Waals surface area contributed by atoms with Crippen LogP contribution in [0.25, 0.3) is 0 Å². The summed E-state index contributed by atoms with van der Waals surface area (Å²) in [6.07, 6.45) is 4.87. The van der Waals surface area contributed by atoms with E-state index < -0.39 is 0 Å². The predicted octanol–water partition coefficient (Wildman–Crippen LogP) is 0.656. The molecule has 2 N–H and O–H groups in total. The molecule has 0 aliphatic heterocycles. The van der Waals surface area contributed by atoms with E-state index in [9.17, 15) is 4.79 Å². The Labute approximate surface area is 101 Å². The number of rotatable bonds is 7. The van der Waals surface area contributed by atoms with E-state index in [0.717, 1.165) is 0 Å². The van der Waals surface area contributed by atoms with Gasteiger partial charge in [0.05, 0.1) is 12.8 Å². The van der Waals surface area contributed by atoms with Gasteiger partial charge in [0.25, 0.3) is 0 Å². The van der Waals surface area contributed by atoms with Crippen LogP contribution in [0.1, 0.15) is 30.8 Å². The molecule has 5 nitrogen and oxygen atoms in total. The lowest BCUT2D eigenvalue weighted by Crippen LogP contribution is -2.38. The Bertz CT molecular complexity index is 341. The van der Waals surface area contributed by atoms with Crippen molar-refractivity contribution in [2.24, 2.45) is 5.92 Å². The number of aromatic nitrogens is 2. The molecule has 0 spiro atoms. The molecule has 0 saturated heterocycles. The number of Topliss-reactive ketones (excluding diaryl/α,β-unsaturated/α-hetero) is 1. The SMILES string of the molecule is CC(C)C(CO)NCCC(=O)c1cnccn1. The molecular weight excluding hydrogens is 218 g/mol. The van der Waals surface area contributed by atoms with Crippen molar-refractivity contribution in [1.82, 2.24) is 15.3 Å². The number of ketones is 1. The molecule has 0 amide bonds. The highest BCUT2D eigenvalue weighted by molar-refractivity contribution is 5.93. The first kappa shape index (κ1) is 13.7. The zero-order chi connectivity index (χ0) is 12.7. The summed E-state index contributed by atoms with van der Waals surface area (Å²) in [7, 11) is 0. The lowest BCUT2D eigenvalue weighted by molar-refractivity contribution is 0.0973. The van der Waals surface area contributed by atoms with Crippen molar-refractivity contribution in [1.29, 1.82) is 0 Å². The fraction of sp³-hybridized carbons (Fsp3) is 0.583. The van der Waals surface area contributed by atoms with Crippen LogP contribution < -0.4 is 5.32 Å². The number of carbonyl (C=O) groups is 1. The van der Waals surface area contributed by atoms with Crippen LogP contribution in [0, 0.1) is 5.92 Å². The summed E-state index contributed by atoms with van der Waals surface area (Å²) in [4.78, 5) is 19.5. The lowest BCUT2D eigenvalue weighted by Gasteiger charge is -2.19. The van der Waals surface area contributed by atoms with Gasteiger partial charge in [-0.2, -0.15) is 0 Å².